The maximum atomic E-state index is 10.8. The summed E-state index contributed by atoms with van der Waals surface area (Å²) in [7, 11) is 3.26. The molecule has 1 aliphatic carbocycles. The number of aliphatic hydroxyl groups is 2. The number of hydrogen-bond acceptors (Lipinski definition) is 5. The Balaban J connectivity index is 2.18. The lowest BCUT2D eigenvalue weighted by Crippen LogP contribution is -2.46. The van der Waals surface area contributed by atoms with Gasteiger partial charge in [-0.2, -0.15) is 0 Å². The smallest absolute Gasteiger partial charge is 0.137 e. The summed E-state index contributed by atoms with van der Waals surface area (Å²) < 4.78 is 17.1. The molecular weight excluding hydrogens is 308 g/mol. The van der Waals surface area contributed by atoms with E-state index in [4.69, 9.17) is 13.9 Å². The van der Waals surface area contributed by atoms with Crippen molar-refractivity contribution in [3.8, 4) is 5.75 Å². The number of methoxy groups -OCH3 is 2. The zero-order valence-electron chi connectivity index (χ0n) is 14.8. The minimum Gasteiger partial charge on any atom is -0.496 e. The van der Waals surface area contributed by atoms with Crippen LogP contribution in [0, 0.1) is 0 Å². The number of fused-ring (bicyclic) bond motifs is 2. The molecule has 0 saturated heterocycles. The molecule has 24 heavy (non-hydrogen) atoms. The van der Waals surface area contributed by atoms with Gasteiger partial charge in [0.25, 0.3) is 0 Å². The number of furan rings is 1. The van der Waals surface area contributed by atoms with Crippen LogP contribution in [0.4, 0.5) is 0 Å². The van der Waals surface area contributed by atoms with E-state index in [1.165, 1.54) is 0 Å². The average Bonchev–Trinajstić information content (AvgIpc) is 2.99. The first-order valence-corrected chi connectivity index (χ1v) is 8.35. The Morgan fingerprint density at radius 2 is 2.12 bits per heavy atom. The van der Waals surface area contributed by atoms with E-state index in [1.807, 2.05) is 12.1 Å². The molecule has 0 aliphatic heterocycles. The standard InChI is InChI=1S/C19H26O5/c1-18(2,21)8-9-19(23-4)14-11-15-13(7-10-24-15)17(22-3)12(14)5-6-16(19)20/h7,10-11,16,20-21H,5-6,8-9H2,1-4H3. The van der Waals surface area contributed by atoms with Gasteiger partial charge >= 0.3 is 0 Å². The Bertz CT molecular complexity index is 727. The normalized spacial score (nSPS) is 24.2. The van der Waals surface area contributed by atoms with E-state index in [0.717, 1.165) is 22.3 Å². The first-order valence-electron chi connectivity index (χ1n) is 8.35. The Morgan fingerprint density at radius 1 is 1.38 bits per heavy atom. The quantitative estimate of drug-likeness (QED) is 0.879. The van der Waals surface area contributed by atoms with Crippen molar-refractivity contribution >= 4 is 11.0 Å². The summed E-state index contributed by atoms with van der Waals surface area (Å²) in [5, 5.41) is 21.9. The Hall–Kier alpha value is -1.56. The maximum Gasteiger partial charge on any atom is 0.137 e. The summed E-state index contributed by atoms with van der Waals surface area (Å²) in [5.74, 6) is 0.785. The third-order valence-electron chi connectivity index (χ3n) is 5.15. The number of benzene rings is 1. The molecule has 0 amide bonds. The molecule has 5 heteroatoms. The molecule has 2 N–H and O–H groups in total. The molecule has 1 aliphatic rings. The summed E-state index contributed by atoms with van der Waals surface area (Å²) in [4.78, 5) is 0. The highest BCUT2D eigenvalue weighted by Gasteiger charge is 2.46. The molecule has 0 bridgehead atoms. The highest BCUT2D eigenvalue weighted by Crippen LogP contribution is 2.48. The summed E-state index contributed by atoms with van der Waals surface area (Å²) >= 11 is 0. The van der Waals surface area contributed by atoms with Crippen molar-refractivity contribution in [2.45, 2.75) is 56.8 Å². The van der Waals surface area contributed by atoms with Crippen molar-refractivity contribution in [1.82, 2.24) is 0 Å². The molecule has 0 radical (unpaired) electrons. The summed E-state index contributed by atoms with van der Waals surface area (Å²) in [5.41, 5.74) is 0.954. The van der Waals surface area contributed by atoms with Gasteiger partial charge in [0.2, 0.25) is 0 Å². The van der Waals surface area contributed by atoms with Crippen LogP contribution < -0.4 is 4.74 Å². The molecule has 1 aromatic carbocycles. The number of aliphatic hydroxyl groups excluding tert-OH is 1. The zero-order chi connectivity index (χ0) is 17.5. The second-order valence-electron chi connectivity index (χ2n) is 7.23. The van der Waals surface area contributed by atoms with Gasteiger partial charge in [-0.25, -0.2) is 0 Å². The van der Waals surface area contributed by atoms with E-state index in [9.17, 15) is 10.2 Å². The third-order valence-corrected chi connectivity index (χ3v) is 5.15. The molecule has 2 aromatic rings. The van der Waals surface area contributed by atoms with Gasteiger partial charge in [-0.05, 0) is 57.2 Å². The van der Waals surface area contributed by atoms with Crippen LogP contribution >= 0.6 is 0 Å². The molecule has 0 fully saturated rings. The van der Waals surface area contributed by atoms with Crippen LogP contribution in [-0.4, -0.2) is 36.1 Å². The highest BCUT2D eigenvalue weighted by molar-refractivity contribution is 5.87. The van der Waals surface area contributed by atoms with Gasteiger partial charge in [-0.3, -0.25) is 0 Å². The van der Waals surface area contributed by atoms with Gasteiger partial charge < -0.3 is 24.1 Å². The van der Waals surface area contributed by atoms with Crippen LogP contribution in [0.15, 0.2) is 22.8 Å². The molecular formula is C19H26O5. The van der Waals surface area contributed by atoms with E-state index >= 15 is 0 Å². The first kappa shape index (κ1) is 17.3. The lowest BCUT2D eigenvalue weighted by atomic mass is 9.72. The lowest BCUT2D eigenvalue weighted by Gasteiger charge is -2.43. The summed E-state index contributed by atoms with van der Waals surface area (Å²) in [6.07, 6.45) is 3.32. The van der Waals surface area contributed by atoms with E-state index < -0.39 is 17.3 Å². The minimum atomic E-state index is -0.873. The largest absolute Gasteiger partial charge is 0.496 e. The maximum absolute atomic E-state index is 10.8. The van der Waals surface area contributed by atoms with E-state index in [2.05, 4.69) is 0 Å². The highest BCUT2D eigenvalue weighted by atomic mass is 16.5. The molecule has 1 aromatic heterocycles. The van der Waals surface area contributed by atoms with E-state index in [0.29, 0.717) is 31.3 Å². The fourth-order valence-corrected chi connectivity index (χ4v) is 3.82. The first-order chi connectivity index (χ1) is 11.3. The molecule has 132 valence electrons. The SMILES string of the molecule is COc1c2c(cc3occc13)C(CCC(C)(C)O)(OC)C(O)CC2. The molecule has 3 rings (SSSR count). The van der Waals surface area contributed by atoms with Crippen LogP contribution in [0.1, 0.15) is 44.2 Å². The van der Waals surface area contributed by atoms with Crippen molar-refractivity contribution in [2.24, 2.45) is 0 Å². The van der Waals surface area contributed by atoms with Crippen LogP contribution in [-0.2, 0) is 16.8 Å². The molecule has 0 spiro atoms. The van der Waals surface area contributed by atoms with Crippen molar-refractivity contribution in [3.63, 3.8) is 0 Å². The molecule has 1 heterocycles. The van der Waals surface area contributed by atoms with Crippen molar-refractivity contribution in [3.05, 3.63) is 29.5 Å². The van der Waals surface area contributed by atoms with E-state index in [-0.39, 0.29) is 0 Å². The number of rotatable bonds is 5. The zero-order valence-corrected chi connectivity index (χ0v) is 14.8. The van der Waals surface area contributed by atoms with Crippen LogP contribution in [0.5, 0.6) is 5.75 Å². The summed E-state index contributed by atoms with van der Waals surface area (Å²) in [6, 6.07) is 3.84. The number of ether oxygens (including phenoxy) is 2. The Morgan fingerprint density at radius 3 is 2.75 bits per heavy atom. The Kier molecular flexibility index (Phi) is 4.36. The van der Waals surface area contributed by atoms with Crippen LogP contribution in [0.2, 0.25) is 0 Å². The summed E-state index contributed by atoms with van der Waals surface area (Å²) in [6.45, 7) is 3.53. The predicted octanol–water partition coefficient (Wildman–Crippen LogP) is 3.14. The fourth-order valence-electron chi connectivity index (χ4n) is 3.82. The van der Waals surface area contributed by atoms with E-state index in [1.54, 1.807) is 34.3 Å². The second kappa shape index (κ2) is 6.06. The fraction of sp³-hybridized carbons (Fsp3) is 0.579. The van der Waals surface area contributed by atoms with Crippen molar-refractivity contribution < 1.29 is 24.1 Å². The van der Waals surface area contributed by atoms with Gasteiger partial charge in [-0.15, -0.1) is 0 Å². The van der Waals surface area contributed by atoms with Gasteiger partial charge in [-0.1, -0.05) is 0 Å². The lowest BCUT2D eigenvalue weighted by molar-refractivity contribution is -0.130. The van der Waals surface area contributed by atoms with Crippen molar-refractivity contribution in [1.29, 1.82) is 0 Å². The minimum absolute atomic E-state index is 0.510. The second-order valence-corrected chi connectivity index (χ2v) is 7.23. The molecule has 2 atom stereocenters. The number of hydrogen-bond donors (Lipinski definition) is 2. The van der Waals surface area contributed by atoms with Crippen molar-refractivity contribution in [2.75, 3.05) is 14.2 Å². The average molecular weight is 334 g/mol. The van der Waals surface area contributed by atoms with Gasteiger partial charge in [0.15, 0.2) is 0 Å². The van der Waals surface area contributed by atoms with Gasteiger partial charge in [0.1, 0.15) is 16.9 Å². The molecule has 2 unspecified atom stereocenters. The Labute approximate surface area is 142 Å². The van der Waals surface area contributed by atoms with Crippen LogP contribution in [0.25, 0.3) is 11.0 Å². The van der Waals surface area contributed by atoms with Crippen LogP contribution in [0.3, 0.4) is 0 Å². The monoisotopic (exact) mass is 334 g/mol. The predicted molar refractivity (Wildman–Crippen MR) is 91.3 cm³/mol. The topological polar surface area (TPSA) is 72.1 Å². The third kappa shape index (κ3) is 2.70. The molecule has 0 saturated carbocycles. The van der Waals surface area contributed by atoms with Gasteiger partial charge in [0.05, 0.1) is 30.5 Å². The molecule has 5 nitrogen and oxygen atoms in total. The van der Waals surface area contributed by atoms with Gasteiger partial charge in [0, 0.05) is 12.7 Å².